The molecule has 2 rings (SSSR count). The van der Waals surface area contributed by atoms with Gasteiger partial charge in [-0.2, -0.15) is 0 Å². The van der Waals surface area contributed by atoms with Gasteiger partial charge in [-0.25, -0.2) is 4.98 Å². The van der Waals surface area contributed by atoms with Crippen LogP contribution in [0, 0.1) is 11.8 Å². The van der Waals surface area contributed by atoms with Gasteiger partial charge >= 0.3 is 0 Å². The molecule has 0 spiro atoms. The topological polar surface area (TPSA) is 64.0 Å². The normalized spacial score (nSPS) is 11.6. The molecule has 0 fully saturated rings. The maximum Gasteiger partial charge on any atom is 0.272 e. The van der Waals surface area contributed by atoms with Gasteiger partial charge < -0.3 is 5.32 Å². The average Bonchev–Trinajstić information content (AvgIpc) is 2.96. The molecule has 2 aromatic rings. The summed E-state index contributed by atoms with van der Waals surface area (Å²) in [6.07, 6.45) is 0.966. The first-order valence-corrected chi connectivity index (χ1v) is 10.1. The van der Waals surface area contributed by atoms with Crippen molar-refractivity contribution in [2.75, 3.05) is 12.3 Å². The number of rotatable bonds is 8. The smallest absolute Gasteiger partial charge is 0.272 e. The van der Waals surface area contributed by atoms with Crippen molar-refractivity contribution in [1.29, 1.82) is 0 Å². The molecule has 0 radical (unpaired) electrons. The molecule has 0 bridgehead atoms. The molecule has 0 aliphatic carbocycles. The summed E-state index contributed by atoms with van der Waals surface area (Å²) in [5.41, 5.74) is 0.708. The van der Waals surface area contributed by atoms with Crippen molar-refractivity contribution in [3.63, 3.8) is 0 Å². The van der Waals surface area contributed by atoms with Crippen LogP contribution in [-0.2, 0) is 11.3 Å². The molecule has 2 aromatic heterocycles. The van der Waals surface area contributed by atoms with Gasteiger partial charge in [-0.15, -0.1) is 11.3 Å². The molecule has 0 aliphatic heterocycles. The van der Waals surface area contributed by atoms with E-state index < -0.39 is 0 Å². The minimum absolute atomic E-state index is 0.00795. The van der Waals surface area contributed by atoms with Crippen LogP contribution in [0.3, 0.4) is 0 Å². The number of thiophene rings is 1. The van der Waals surface area contributed by atoms with Crippen LogP contribution in [0.15, 0.2) is 21.4 Å². The molecule has 0 aliphatic rings. The van der Waals surface area contributed by atoms with Crippen LogP contribution in [0.5, 0.6) is 0 Å². The number of aromatic nitrogens is 2. The number of nitrogens with one attached hydrogen (secondary N) is 1. The Kier molecular flexibility index (Phi) is 6.86. The fraction of sp³-hybridized carbons (Fsp3) is 0.588. The van der Waals surface area contributed by atoms with Crippen LogP contribution in [0.1, 0.15) is 34.1 Å². The highest BCUT2D eigenvalue weighted by Gasteiger charge is 2.15. The molecule has 0 unspecified atom stereocenters. The zero-order chi connectivity index (χ0) is 17.7. The molecule has 2 heterocycles. The van der Waals surface area contributed by atoms with Gasteiger partial charge in [0.1, 0.15) is 4.70 Å². The Hall–Kier alpha value is -1.34. The summed E-state index contributed by atoms with van der Waals surface area (Å²) in [5, 5.41) is 5.42. The highest BCUT2D eigenvalue weighted by molar-refractivity contribution is 7.99. The third-order valence-corrected chi connectivity index (χ3v) is 5.32. The second-order valence-electron chi connectivity index (χ2n) is 6.66. The first kappa shape index (κ1) is 19.0. The predicted octanol–water partition coefficient (Wildman–Crippen LogP) is 3.37. The Bertz CT molecular complexity index is 750. The van der Waals surface area contributed by atoms with Gasteiger partial charge in [0.25, 0.3) is 5.56 Å². The number of nitrogens with zero attached hydrogens (tertiary/aromatic N) is 2. The van der Waals surface area contributed by atoms with Crippen LogP contribution in [0.25, 0.3) is 10.2 Å². The number of amides is 1. The summed E-state index contributed by atoms with van der Waals surface area (Å²) >= 11 is 2.75. The fourth-order valence-electron chi connectivity index (χ4n) is 2.24. The number of carbonyl (C=O) groups is 1. The number of hydrogen-bond acceptors (Lipinski definition) is 5. The second-order valence-corrected chi connectivity index (χ2v) is 8.52. The van der Waals surface area contributed by atoms with Crippen LogP contribution in [0.4, 0.5) is 0 Å². The standard InChI is InChI=1S/C17H25N3O2S2/c1-11(2)5-7-18-14(21)10-24-17-19-13-6-8-23-15(13)16(22)20(17)9-12(3)4/h6,8,11-12H,5,7,9-10H2,1-4H3,(H,18,21). The van der Waals surface area contributed by atoms with E-state index in [1.165, 1.54) is 23.1 Å². The highest BCUT2D eigenvalue weighted by Crippen LogP contribution is 2.21. The Labute approximate surface area is 150 Å². The molecular weight excluding hydrogens is 342 g/mol. The number of carbonyl (C=O) groups excluding carboxylic acids is 1. The van der Waals surface area contributed by atoms with Gasteiger partial charge in [-0.3, -0.25) is 14.2 Å². The quantitative estimate of drug-likeness (QED) is 0.574. The second kappa shape index (κ2) is 8.67. The number of thioether (sulfide) groups is 1. The van der Waals surface area contributed by atoms with Crippen molar-refractivity contribution in [2.24, 2.45) is 11.8 Å². The van der Waals surface area contributed by atoms with E-state index in [4.69, 9.17) is 0 Å². The van der Waals surface area contributed by atoms with Crippen molar-refractivity contribution in [1.82, 2.24) is 14.9 Å². The molecule has 5 nitrogen and oxygen atoms in total. The lowest BCUT2D eigenvalue weighted by molar-refractivity contribution is -0.118. The fourth-order valence-corrected chi connectivity index (χ4v) is 3.86. The minimum Gasteiger partial charge on any atom is -0.355 e. The third-order valence-electron chi connectivity index (χ3n) is 3.45. The van der Waals surface area contributed by atoms with E-state index in [1.807, 2.05) is 11.4 Å². The lowest BCUT2D eigenvalue weighted by Crippen LogP contribution is -2.28. The zero-order valence-electron chi connectivity index (χ0n) is 14.7. The zero-order valence-corrected chi connectivity index (χ0v) is 16.3. The van der Waals surface area contributed by atoms with Crippen molar-refractivity contribution >= 4 is 39.2 Å². The first-order chi connectivity index (χ1) is 11.4. The number of hydrogen-bond donors (Lipinski definition) is 1. The molecule has 0 aromatic carbocycles. The third kappa shape index (κ3) is 5.08. The summed E-state index contributed by atoms with van der Waals surface area (Å²) in [4.78, 5) is 29.2. The maximum atomic E-state index is 12.7. The minimum atomic E-state index is -0.0172. The maximum absolute atomic E-state index is 12.7. The van der Waals surface area contributed by atoms with E-state index in [0.29, 0.717) is 40.3 Å². The van der Waals surface area contributed by atoms with Crippen LogP contribution in [-0.4, -0.2) is 27.8 Å². The van der Waals surface area contributed by atoms with E-state index in [0.717, 1.165) is 6.42 Å². The van der Waals surface area contributed by atoms with Gasteiger partial charge in [-0.1, -0.05) is 39.5 Å². The van der Waals surface area contributed by atoms with Gasteiger partial charge in [0, 0.05) is 13.1 Å². The van der Waals surface area contributed by atoms with E-state index in [2.05, 4.69) is 38.0 Å². The van der Waals surface area contributed by atoms with Gasteiger partial charge in [0.2, 0.25) is 5.91 Å². The van der Waals surface area contributed by atoms with Crippen molar-refractivity contribution < 1.29 is 4.79 Å². The van der Waals surface area contributed by atoms with Crippen molar-refractivity contribution in [3.05, 3.63) is 21.8 Å². The molecule has 24 heavy (non-hydrogen) atoms. The average molecular weight is 368 g/mol. The van der Waals surface area contributed by atoms with E-state index >= 15 is 0 Å². The van der Waals surface area contributed by atoms with E-state index in [-0.39, 0.29) is 17.2 Å². The SMILES string of the molecule is CC(C)CCNC(=O)CSc1nc2ccsc2c(=O)n1CC(C)C. The lowest BCUT2D eigenvalue weighted by atomic mass is 10.1. The molecular formula is C17H25N3O2S2. The lowest BCUT2D eigenvalue weighted by Gasteiger charge is -2.14. The van der Waals surface area contributed by atoms with Crippen LogP contribution < -0.4 is 10.9 Å². The molecule has 1 N–H and O–H groups in total. The summed E-state index contributed by atoms with van der Waals surface area (Å²) < 4.78 is 2.39. The van der Waals surface area contributed by atoms with Crippen molar-refractivity contribution in [3.8, 4) is 0 Å². The Balaban J connectivity index is 2.12. The van der Waals surface area contributed by atoms with E-state index in [1.54, 1.807) is 4.57 Å². The largest absolute Gasteiger partial charge is 0.355 e. The van der Waals surface area contributed by atoms with E-state index in [9.17, 15) is 9.59 Å². The number of fused-ring (bicyclic) bond motifs is 1. The van der Waals surface area contributed by atoms with Crippen molar-refractivity contribution in [2.45, 2.75) is 45.8 Å². The molecule has 132 valence electrons. The van der Waals surface area contributed by atoms with Gasteiger partial charge in [0.15, 0.2) is 5.16 Å². The first-order valence-electron chi connectivity index (χ1n) is 8.26. The summed E-state index contributed by atoms with van der Waals surface area (Å²) in [6, 6.07) is 1.86. The molecule has 0 saturated heterocycles. The van der Waals surface area contributed by atoms with Crippen LogP contribution in [0.2, 0.25) is 0 Å². The molecule has 0 atom stereocenters. The Morgan fingerprint density at radius 3 is 2.75 bits per heavy atom. The predicted molar refractivity (Wildman–Crippen MR) is 102 cm³/mol. The summed E-state index contributed by atoms with van der Waals surface area (Å²) in [6.45, 7) is 9.69. The highest BCUT2D eigenvalue weighted by atomic mass is 32.2. The Morgan fingerprint density at radius 1 is 1.33 bits per heavy atom. The summed E-state index contributed by atoms with van der Waals surface area (Å²) in [7, 11) is 0. The monoisotopic (exact) mass is 367 g/mol. The van der Waals surface area contributed by atoms with Gasteiger partial charge in [-0.05, 0) is 29.7 Å². The molecule has 0 saturated carbocycles. The Morgan fingerprint density at radius 2 is 2.08 bits per heavy atom. The summed E-state index contributed by atoms with van der Waals surface area (Å²) in [5.74, 6) is 1.16. The molecule has 1 amide bonds. The molecule has 7 heteroatoms. The van der Waals surface area contributed by atoms with Gasteiger partial charge in [0.05, 0.1) is 11.3 Å². The van der Waals surface area contributed by atoms with Crippen LogP contribution >= 0.6 is 23.1 Å².